The van der Waals surface area contributed by atoms with E-state index in [-0.39, 0.29) is 17.9 Å². The summed E-state index contributed by atoms with van der Waals surface area (Å²) in [7, 11) is 1.57. The summed E-state index contributed by atoms with van der Waals surface area (Å²) < 4.78 is 11.0. The minimum absolute atomic E-state index is 0.146. The Hall–Kier alpha value is -2.97. The minimum atomic E-state index is -0.435. The van der Waals surface area contributed by atoms with Crippen LogP contribution in [0.1, 0.15) is 36.0 Å². The van der Waals surface area contributed by atoms with Gasteiger partial charge in [0.1, 0.15) is 5.82 Å². The van der Waals surface area contributed by atoms with Gasteiger partial charge in [-0.3, -0.25) is 9.59 Å². The molecule has 1 aliphatic heterocycles. The molecular weight excluding hydrogens is 450 g/mol. The number of nitrogens with one attached hydrogen (secondary N) is 2. The summed E-state index contributed by atoms with van der Waals surface area (Å²) in [5.74, 6) is 1.43. The number of amides is 1. The van der Waals surface area contributed by atoms with E-state index < -0.39 is 5.92 Å². The Bertz CT molecular complexity index is 1200. The normalized spacial score (nSPS) is 15.1. The predicted molar refractivity (Wildman–Crippen MR) is 125 cm³/mol. The maximum Gasteiger partial charge on any atom is 0.257 e. The van der Waals surface area contributed by atoms with E-state index in [9.17, 15) is 9.59 Å². The molecule has 3 aromatic rings. The molecule has 32 heavy (non-hydrogen) atoms. The third kappa shape index (κ3) is 4.76. The largest absolute Gasteiger partial charge is 0.493 e. The lowest BCUT2D eigenvalue weighted by Crippen LogP contribution is -2.31. The van der Waals surface area contributed by atoms with Crippen LogP contribution >= 0.6 is 23.4 Å². The molecule has 9 heteroatoms. The number of carbonyl (C=O) groups excluding carboxylic acids is 1. The maximum absolute atomic E-state index is 13.0. The van der Waals surface area contributed by atoms with Crippen LogP contribution in [-0.4, -0.2) is 29.6 Å². The molecule has 7 nitrogen and oxygen atoms in total. The van der Waals surface area contributed by atoms with Gasteiger partial charge in [-0.05, 0) is 42.3 Å². The molecule has 0 saturated carbocycles. The monoisotopic (exact) mass is 471 g/mol. The number of hydrogen-bond acceptors (Lipinski definition) is 6. The quantitative estimate of drug-likeness (QED) is 0.386. The number of halogens is 1. The van der Waals surface area contributed by atoms with Crippen LogP contribution in [0.15, 0.2) is 52.4 Å². The Morgan fingerprint density at radius 3 is 2.66 bits per heavy atom. The van der Waals surface area contributed by atoms with E-state index >= 15 is 0 Å². The fourth-order valence-electron chi connectivity index (χ4n) is 3.61. The van der Waals surface area contributed by atoms with Gasteiger partial charge in [-0.1, -0.05) is 41.6 Å². The fourth-order valence-corrected chi connectivity index (χ4v) is 4.56. The Balaban J connectivity index is 1.65. The lowest BCUT2D eigenvalue weighted by Gasteiger charge is -2.25. The molecule has 0 spiro atoms. The number of aromatic amines is 1. The van der Waals surface area contributed by atoms with E-state index in [1.807, 2.05) is 43.3 Å². The summed E-state index contributed by atoms with van der Waals surface area (Å²) in [6, 6.07) is 12.9. The fraction of sp³-hybridized carbons (Fsp3) is 0.261. The Labute approximate surface area is 194 Å². The molecule has 0 bridgehead atoms. The van der Waals surface area contributed by atoms with Crippen LogP contribution in [0.5, 0.6) is 11.5 Å². The molecular formula is C23H22ClN3O4S. The van der Waals surface area contributed by atoms with E-state index in [1.54, 1.807) is 13.2 Å². The molecule has 0 unspecified atom stereocenters. The van der Waals surface area contributed by atoms with Gasteiger partial charge in [0.2, 0.25) is 5.91 Å². The van der Waals surface area contributed by atoms with Crippen molar-refractivity contribution in [3.63, 3.8) is 0 Å². The number of rotatable bonds is 7. The zero-order valence-corrected chi connectivity index (χ0v) is 19.2. The lowest BCUT2D eigenvalue weighted by atomic mass is 9.86. The molecule has 1 aromatic heterocycles. The molecule has 2 aromatic carbocycles. The molecule has 0 radical (unpaired) electrons. The molecule has 0 saturated heterocycles. The van der Waals surface area contributed by atoms with Gasteiger partial charge in [0.05, 0.1) is 19.3 Å². The second-order valence-electron chi connectivity index (χ2n) is 7.20. The van der Waals surface area contributed by atoms with E-state index in [0.29, 0.717) is 45.4 Å². The first-order valence-corrected chi connectivity index (χ1v) is 11.5. The third-order valence-electron chi connectivity index (χ3n) is 5.11. The number of aromatic nitrogens is 2. The highest BCUT2D eigenvalue weighted by atomic mass is 35.5. The van der Waals surface area contributed by atoms with Crippen LogP contribution in [0.4, 0.5) is 5.82 Å². The predicted octanol–water partition coefficient (Wildman–Crippen LogP) is 4.60. The number of anilines is 1. The second kappa shape index (κ2) is 9.67. The number of carbonyl (C=O) groups is 1. The first kappa shape index (κ1) is 22.2. The van der Waals surface area contributed by atoms with E-state index in [2.05, 4.69) is 15.3 Å². The number of nitrogens with zero attached hydrogens (tertiary/aromatic N) is 1. The van der Waals surface area contributed by atoms with Gasteiger partial charge in [-0.15, -0.1) is 0 Å². The summed E-state index contributed by atoms with van der Waals surface area (Å²) >= 11 is 7.31. The van der Waals surface area contributed by atoms with Crippen molar-refractivity contribution in [2.45, 2.75) is 30.2 Å². The summed E-state index contributed by atoms with van der Waals surface area (Å²) in [5.41, 5.74) is 2.00. The van der Waals surface area contributed by atoms with Crippen LogP contribution in [0.25, 0.3) is 0 Å². The lowest BCUT2D eigenvalue weighted by molar-refractivity contribution is -0.116. The van der Waals surface area contributed by atoms with Crippen LogP contribution < -0.4 is 20.3 Å². The van der Waals surface area contributed by atoms with Crippen LogP contribution in [-0.2, 0) is 10.5 Å². The molecule has 0 aliphatic carbocycles. The average Bonchev–Trinajstić information content (AvgIpc) is 2.78. The van der Waals surface area contributed by atoms with Gasteiger partial charge >= 0.3 is 0 Å². The summed E-state index contributed by atoms with van der Waals surface area (Å²) in [6.07, 6.45) is 0.146. The third-order valence-corrected chi connectivity index (χ3v) is 6.30. The number of H-pyrrole nitrogens is 1. The topological polar surface area (TPSA) is 93.3 Å². The van der Waals surface area contributed by atoms with Crippen molar-refractivity contribution in [3.05, 3.63) is 74.5 Å². The number of methoxy groups -OCH3 is 1. The standard InChI is InChI=1S/C23H22ClN3O4S/c1-3-31-18-10-14(6-9-17(18)30-2)16-11-19(28)25-21-20(16)22(29)27-23(26-21)32-12-13-4-7-15(24)8-5-13/h4-10,16H,3,11-12H2,1-2H3,(H2,25,26,27,28,29)/t16-/m1/s1. The Morgan fingerprint density at radius 2 is 1.94 bits per heavy atom. The number of fused-ring (bicyclic) bond motifs is 1. The molecule has 166 valence electrons. The second-order valence-corrected chi connectivity index (χ2v) is 8.60. The van der Waals surface area contributed by atoms with Crippen molar-refractivity contribution >= 4 is 35.1 Å². The SMILES string of the molecule is CCOc1cc([C@H]2CC(=O)Nc3nc(SCc4ccc(Cl)cc4)[nH]c(=O)c32)ccc1OC. The van der Waals surface area contributed by atoms with Crippen molar-refractivity contribution in [2.24, 2.45) is 0 Å². The summed E-state index contributed by atoms with van der Waals surface area (Å²) in [4.78, 5) is 32.8. The number of ether oxygens (including phenoxy) is 2. The minimum Gasteiger partial charge on any atom is -0.493 e. The smallest absolute Gasteiger partial charge is 0.257 e. The maximum atomic E-state index is 13.0. The Kier molecular flexibility index (Phi) is 6.72. The van der Waals surface area contributed by atoms with Gasteiger partial charge in [0.25, 0.3) is 5.56 Å². The van der Waals surface area contributed by atoms with E-state index in [1.165, 1.54) is 11.8 Å². The van der Waals surface area contributed by atoms with Gasteiger partial charge in [-0.2, -0.15) is 0 Å². The highest BCUT2D eigenvalue weighted by molar-refractivity contribution is 7.98. The van der Waals surface area contributed by atoms with Gasteiger partial charge in [-0.25, -0.2) is 4.98 Å². The summed E-state index contributed by atoms with van der Waals surface area (Å²) in [5, 5.41) is 3.86. The molecule has 2 heterocycles. The number of hydrogen-bond donors (Lipinski definition) is 2. The van der Waals surface area contributed by atoms with Gasteiger partial charge < -0.3 is 19.8 Å². The highest BCUT2D eigenvalue weighted by Gasteiger charge is 2.31. The van der Waals surface area contributed by atoms with Crippen LogP contribution in [0.2, 0.25) is 5.02 Å². The first-order chi connectivity index (χ1) is 15.5. The van der Waals surface area contributed by atoms with E-state index in [0.717, 1.165) is 11.1 Å². The zero-order valence-electron chi connectivity index (χ0n) is 17.6. The zero-order chi connectivity index (χ0) is 22.7. The first-order valence-electron chi connectivity index (χ1n) is 10.1. The Morgan fingerprint density at radius 1 is 1.16 bits per heavy atom. The number of thioether (sulfide) groups is 1. The van der Waals surface area contributed by atoms with Crippen molar-refractivity contribution in [2.75, 3.05) is 19.0 Å². The average molecular weight is 472 g/mol. The van der Waals surface area contributed by atoms with Crippen molar-refractivity contribution in [1.29, 1.82) is 0 Å². The molecule has 1 amide bonds. The molecule has 1 aliphatic rings. The molecule has 0 fully saturated rings. The van der Waals surface area contributed by atoms with Crippen LogP contribution in [0, 0.1) is 0 Å². The summed E-state index contributed by atoms with van der Waals surface area (Å²) in [6.45, 7) is 2.35. The van der Waals surface area contributed by atoms with E-state index in [4.69, 9.17) is 21.1 Å². The van der Waals surface area contributed by atoms with Gasteiger partial charge in [0, 0.05) is 23.1 Å². The van der Waals surface area contributed by atoms with Crippen molar-refractivity contribution < 1.29 is 14.3 Å². The van der Waals surface area contributed by atoms with Crippen molar-refractivity contribution in [1.82, 2.24) is 9.97 Å². The molecule has 4 rings (SSSR count). The molecule has 2 N–H and O–H groups in total. The highest BCUT2D eigenvalue weighted by Crippen LogP contribution is 2.38. The van der Waals surface area contributed by atoms with Crippen LogP contribution in [0.3, 0.4) is 0 Å². The molecule has 1 atom stereocenters. The number of benzene rings is 2. The van der Waals surface area contributed by atoms with Crippen molar-refractivity contribution in [3.8, 4) is 11.5 Å². The van der Waals surface area contributed by atoms with Gasteiger partial charge in [0.15, 0.2) is 16.7 Å².